The van der Waals surface area contributed by atoms with Gasteiger partial charge in [-0.15, -0.1) is 0 Å². The summed E-state index contributed by atoms with van der Waals surface area (Å²) in [6.07, 6.45) is 3.78. The first-order valence-corrected chi connectivity index (χ1v) is 6.10. The predicted molar refractivity (Wildman–Crippen MR) is 67.2 cm³/mol. The fourth-order valence-electron chi connectivity index (χ4n) is 2.18. The van der Waals surface area contributed by atoms with Gasteiger partial charge in [-0.3, -0.25) is 0 Å². The Bertz CT molecular complexity index is 365. The number of nitrogens with two attached hydrogens (primary N) is 1. The number of hydrogen-bond acceptors (Lipinski definition) is 5. The topological polar surface area (TPSA) is 64.3 Å². The highest BCUT2D eigenvalue weighted by atomic mass is 16.5. The molecule has 0 aromatic carbocycles. The summed E-state index contributed by atoms with van der Waals surface area (Å²) in [7, 11) is 2.04. The molecule has 1 aromatic rings. The second kappa shape index (κ2) is 5.31. The number of nitrogens with zero attached hydrogens (tertiary/aromatic N) is 3. The summed E-state index contributed by atoms with van der Waals surface area (Å²) in [6, 6.07) is 2.28. The van der Waals surface area contributed by atoms with Gasteiger partial charge in [0.2, 0.25) is 5.88 Å². The van der Waals surface area contributed by atoms with Crippen LogP contribution in [0.4, 0.5) is 5.82 Å². The number of aromatic nitrogens is 2. The molecular formula is C12H20N4O. The standard InChI is InChI=1S/C12H20N4O/c1-3-17-12-6-11(14-8-15-12)16(2)7-9-4-10(13)5-9/h6,8-10H,3-5,7,13H2,1-2H3. The maximum absolute atomic E-state index is 5.78. The van der Waals surface area contributed by atoms with Crippen molar-refractivity contribution in [1.82, 2.24) is 9.97 Å². The minimum atomic E-state index is 0.401. The van der Waals surface area contributed by atoms with Crippen LogP contribution in [-0.4, -0.2) is 36.2 Å². The molecule has 0 amide bonds. The van der Waals surface area contributed by atoms with Crippen LogP contribution in [0.15, 0.2) is 12.4 Å². The molecule has 5 nitrogen and oxygen atoms in total. The van der Waals surface area contributed by atoms with E-state index in [1.807, 2.05) is 20.0 Å². The summed E-state index contributed by atoms with van der Waals surface area (Å²) in [4.78, 5) is 10.5. The second-order valence-electron chi connectivity index (χ2n) is 4.63. The van der Waals surface area contributed by atoms with E-state index < -0.39 is 0 Å². The van der Waals surface area contributed by atoms with Crippen LogP contribution in [0, 0.1) is 5.92 Å². The first-order valence-electron chi connectivity index (χ1n) is 6.10. The molecule has 0 saturated heterocycles. The summed E-state index contributed by atoms with van der Waals surface area (Å²) in [5.74, 6) is 2.24. The van der Waals surface area contributed by atoms with Crippen molar-refractivity contribution in [3.63, 3.8) is 0 Å². The van der Waals surface area contributed by atoms with Gasteiger partial charge in [0.05, 0.1) is 6.61 Å². The third-order valence-corrected chi connectivity index (χ3v) is 3.12. The quantitative estimate of drug-likeness (QED) is 0.827. The Morgan fingerprint density at radius 2 is 2.24 bits per heavy atom. The summed E-state index contributed by atoms with van der Waals surface area (Å²) in [5, 5.41) is 0. The molecule has 0 spiro atoms. The van der Waals surface area contributed by atoms with Gasteiger partial charge in [-0.2, -0.15) is 0 Å². The summed E-state index contributed by atoms with van der Waals surface area (Å²) in [5.41, 5.74) is 5.78. The largest absolute Gasteiger partial charge is 0.478 e. The second-order valence-corrected chi connectivity index (χ2v) is 4.63. The van der Waals surface area contributed by atoms with E-state index in [4.69, 9.17) is 10.5 Å². The lowest BCUT2D eigenvalue weighted by Gasteiger charge is -2.35. The van der Waals surface area contributed by atoms with Crippen molar-refractivity contribution in [3.05, 3.63) is 12.4 Å². The molecule has 1 heterocycles. The number of hydrogen-bond donors (Lipinski definition) is 1. The molecule has 1 aliphatic carbocycles. The van der Waals surface area contributed by atoms with Crippen LogP contribution in [0.3, 0.4) is 0 Å². The highest BCUT2D eigenvalue weighted by Gasteiger charge is 2.27. The van der Waals surface area contributed by atoms with Crippen LogP contribution in [-0.2, 0) is 0 Å². The smallest absolute Gasteiger partial charge is 0.218 e. The van der Waals surface area contributed by atoms with E-state index >= 15 is 0 Å². The lowest BCUT2D eigenvalue weighted by atomic mass is 9.81. The molecule has 0 radical (unpaired) electrons. The SMILES string of the molecule is CCOc1cc(N(C)CC2CC(N)C2)ncn1. The molecule has 2 rings (SSSR count). The average molecular weight is 236 g/mol. The van der Waals surface area contributed by atoms with Gasteiger partial charge < -0.3 is 15.4 Å². The maximum Gasteiger partial charge on any atom is 0.218 e. The Hall–Kier alpha value is -1.36. The van der Waals surface area contributed by atoms with E-state index in [-0.39, 0.29) is 0 Å². The normalized spacial score (nSPS) is 23.0. The molecule has 5 heteroatoms. The molecule has 0 atom stereocenters. The third kappa shape index (κ3) is 3.06. The fourth-order valence-corrected chi connectivity index (χ4v) is 2.18. The molecule has 2 N–H and O–H groups in total. The highest BCUT2D eigenvalue weighted by molar-refractivity contribution is 5.39. The fraction of sp³-hybridized carbons (Fsp3) is 0.667. The molecule has 17 heavy (non-hydrogen) atoms. The van der Waals surface area contributed by atoms with E-state index in [2.05, 4.69) is 14.9 Å². The van der Waals surface area contributed by atoms with Crippen LogP contribution < -0.4 is 15.4 Å². The van der Waals surface area contributed by atoms with Gasteiger partial charge in [0.15, 0.2) is 0 Å². The van der Waals surface area contributed by atoms with Gasteiger partial charge in [0.1, 0.15) is 12.1 Å². The minimum absolute atomic E-state index is 0.401. The molecule has 0 unspecified atom stereocenters. The molecule has 1 aromatic heterocycles. The lowest BCUT2D eigenvalue weighted by molar-refractivity contribution is 0.270. The number of ether oxygens (including phenoxy) is 1. The Balaban J connectivity index is 1.93. The van der Waals surface area contributed by atoms with Crippen molar-refractivity contribution in [2.75, 3.05) is 25.1 Å². The first kappa shape index (κ1) is 12.1. The minimum Gasteiger partial charge on any atom is -0.478 e. The predicted octanol–water partition coefficient (Wildman–Crippen LogP) is 1.05. The Labute approximate surface area is 102 Å². The van der Waals surface area contributed by atoms with Crippen molar-refractivity contribution in [1.29, 1.82) is 0 Å². The van der Waals surface area contributed by atoms with Gasteiger partial charge >= 0.3 is 0 Å². The zero-order chi connectivity index (χ0) is 12.3. The summed E-state index contributed by atoms with van der Waals surface area (Å²) >= 11 is 0. The van der Waals surface area contributed by atoms with Crippen molar-refractivity contribution in [3.8, 4) is 5.88 Å². The highest BCUT2D eigenvalue weighted by Crippen LogP contribution is 2.27. The van der Waals surface area contributed by atoms with Crippen LogP contribution in [0.1, 0.15) is 19.8 Å². The van der Waals surface area contributed by atoms with E-state index in [0.29, 0.717) is 24.4 Å². The maximum atomic E-state index is 5.78. The molecule has 1 saturated carbocycles. The van der Waals surface area contributed by atoms with Gasteiger partial charge in [-0.05, 0) is 25.7 Å². The summed E-state index contributed by atoms with van der Waals surface area (Å²) in [6.45, 7) is 3.56. The monoisotopic (exact) mass is 236 g/mol. The van der Waals surface area contributed by atoms with E-state index in [1.54, 1.807) is 6.33 Å². The van der Waals surface area contributed by atoms with Crippen molar-refractivity contribution in [2.24, 2.45) is 11.7 Å². The van der Waals surface area contributed by atoms with Crippen LogP contribution >= 0.6 is 0 Å². The van der Waals surface area contributed by atoms with Gasteiger partial charge in [-0.1, -0.05) is 0 Å². The van der Waals surface area contributed by atoms with Crippen LogP contribution in [0.5, 0.6) is 5.88 Å². The van der Waals surface area contributed by atoms with Gasteiger partial charge in [-0.25, -0.2) is 9.97 Å². The Kier molecular flexibility index (Phi) is 3.78. The molecule has 0 bridgehead atoms. The van der Waals surface area contributed by atoms with Crippen molar-refractivity contribution < 1.29 is 4.74 Å². The van der Waals surface area contributed by atoms with Crippen LogP contribution in [0.2, 0.25) is 0 Å². The first-order chi connectivity index (χ1) is 8.19. The molecule has 1 aliphatic rings. The van der Waals surface area contributed by atoms with Gasteiger partial charge in [0, 0.05) is 25.7 Å². The lowest BCUT2D eigenvalue weighted by Crippen LogP contribution is -2.42. The van der Waals surface area contributed by atoms with Gasteiger partial charge in [0.25, 0.3) is 0 Å². The van der Waals surface area contributed by atoms with E-state index in [9.17, 15) is 0 Å². The van der Waals surface area contributed by atoms with Crippen molar-refractivity contribution >= 4 is 5.82 Å². The summed E-state index contributed by atoms with van der Waals surface area (Å²) < 4.78 is 5.36. The van der Waals surface area contributed by atoms with Crippen LogP contribution in [0.25, 0.3) is 0 Å². The zero-order valence-electron chi connectivity index (χ0n) is 10.5. The third-order valence-electron chi connectivity index (χ3n) is 3.12. The van der Waals surface area contributed by atoms with Crippen molar-refractivity contribution in [2.45, 2.75) is 25.8 Å². The molecular weight excluding hydrogens is 216 g/mol. The Morgan fingerprint density at radius 1 is 1.47 bits per heavy atom. The molecule has 1 fully saturated rings. The number of rotatable bonds is 5. The molecule has 0 aliphatic heterocycles. The van der Waals surface area contributed by atoms with E-state index in [0.717, 1.165) is 25.2 Å². The van der Waals surface area contributed by atoms with E-state index in [1.165, 1.54) is 0 Å². The number of anilines is 1. The average Bonchev–Trinajstić information content (AvgIpc) is 2.28. The molecule has 94 valence electrons. The Morgan fingerprint density at radius 3 is 2.88 bits per heavy atom. The zero-order valence-corrected chi connectivity index (χ0v) is 10.5.